The molecule has 16 heavy (non-hydrogen) atoms. The second-order valence-electron chi connectivity index (χ2n) is 4.40. The zero-order valence-electron chi connectivity index (χ0n) is 9.89. The third-order valence-electron chi connectivity index (χ3n) is 3.26. The van der Waals surface area contributed by atoms with Gasteiger partial charge in [-0.25, -0.2) is 0 Å². The maximum absolute atomic E-state index is 3.60. The lowest BCUT2D eigenvalue weighted by atomic mass is 9.97. The number of benzene rings is 1. The molecule has 0 fully saturated rings. The van der Waals surface area contributed by atoms with Crippen LogP contribution in [0.1, 0.15) is 36.4 Å². The van der Waals surface area contributed by atoms with Gasteiger partial charge in [-0.15, -0.1) is 0 Å². The predicted octanol–water partition coefficient (Wildman–Crippen LogP) is 4.13. The molecule has 1 aliphatic rings. The largest absolute Gasteiger partial charge is 0.310 e. The van der Waals surface area contributed by atoms with Crippen molar-refractivity contribution in [2.75, 3.05) is 7.05 Å². The van der Waals surface area contributed by atoms with E-state index in [1.165, 1.54) is 34.9 Å². The Kier molecular flexibility index (Phi) is 3.82. The molecular weight excluding hydrogens is 262 g/mol. The van der Waals surface area contributed by atoms with Crippen molar-refractivity contribution < 1.29 is 0 Å². The highest BCUT2D eigenvalue weighted by Crippen LogP contribution is 2.32. The number of nitrogens with one attached hydrogen (secondary N) is 1. The van der Waals surface area contributed by atoms with Gasteiger partial charge in [0.05, 0.1) is 6.04 Å². The molecule has 0 aliphatic heterocycles. The number of likely N-dealkylation sites (N-methyl/N-ethyl adjacent to an activating group) is 1. The fourth-order valence-corrected chi connectivity index (χ4v) is 2.71. The molecule has 0 bridgehead atoms. The zero-order chi connectivity index (χ0) is 11.5. The van der Waals surface area contributed by atoms with Crippen molar-refractivity contribution >= 4 is 15.9 Å². The number of hydrogen-bond acceptors (Lipinski definition) is 1. The van der Waals surface area contributed by atoms with Gasteiger partial charge in [0.25, 0.3) is 0 Å². The van der Waals surface area contributed by atoms with Gasteiger partial charge in [0.15, 0.2) is 0 Å². The van der Waals surface area contributed by atoms with Gasteiger partial charge in [-0.3, -0.25) is 0 Å². The van der Waals surface area contributed by atoms with Crippen molar-refractivity contribution in [3.8, 4) is 0 Å². The number of rotatable bonds is 3. The maximum atomic E-state index is 3.60. The molecule has 0 amide bonds. The van der Waals surface area contributed by atoms with E-state index in [0.717, 1.165) is 0 Å². The summed E-state index contributed by atoms with van der Waals surface area (Å²) in [6.45, 7) is 2.12. The molecule has 0 aromatic heterocycles. The first-order chi connectivity index (χ1) is 7.72. The highest BCUT2D eigenvalue weighted by molar-refractivity contribution is 9.10. The Morgan fingerprint density at radius 3 is 2.75 bits per heavy atom. The summed E-state index contributed by atoms with van der Waals surface area (Å²) in [6, 6.07) is 7.02. The number of allylic oxidation sites excluding steroid dienone is 1. The van der Waals surface area contributed by atoms with E-state index in [0.29, 0.717) is 6.04 Å². The highest BCUT2D eigenvalue weighted by atomic mass is 79.9. The Morgan fingerprint density at radius 1 is 1.38 bits per heavy atom. The topological polar surface area (TPSA) is 12.0 Å². The molecule has 1 nitrogen and oxygen atoms in total. The van der Waals surface area contributed by atoms with Gasteiger partial charge in [0.1, 0.15) is 0 Å². The number of halogens is 1. The molecule has 1 atom stereocenters. The Bertz CT molecular complexity index is 409. The minimum atomic E-state index is 0.388. The van der Waals surface area contributed by atoms with Crippen molar-refractivity contribution in [3.63, 3.8) is 0 Å². The quantitative estimate of drug-likeness (QED) is 0.821. The van der Waals surface area contributed by atoms with Crippen LogP contribution in [0.3, 0.4) is 0 Å². The second kappa shape index (κ2) is 5.15. The molecular formula is C14H18BrN. The normalized spacial score (nSPS) is 17.3. The SMILES string of the molecule is CNC(C1=CCCC1)c1ccc(C)c(Br)c1. The van der Waals surface area contributed by atoms with Gasteiger partial charge >= 0.3 is 0 Å². The summed E-state index contributed by atoms with van der Waals surface area (Å²) in [5.41, 5.74) is 4.19. The number of hydrogen-bond donors (Lipinski definition) is 1. The minimum absolute atomic E-state index is 0.388. The number of aryl methyl sites for hydroxylation is 1. The summed E-state index contributed by atoms with van der Waals surface area (Å²) in [5, 5.41) is 3.42. The van der Waals surface area contributed by atoms with Crippen molar-refractivity contribution in [1.29, 1.82) is 0 Å². The summed E-state index contributed by atoms with van der Waals surface area (Å²) in [4.78, 5) is 0. The van der Waals surface area contributed by atoms with Crippen LogP contribution in [0.5, 0.6) is 0 Å². The molecule has 2 heteroatoms. The average Bonchev–Trinajstić information content (AvgIpc) is 2.78. The summed E-state index contributed by atoms with van der Waals surface area (Å²) in [7, 11) is 2.04. The third-order valence-corrected chi connectivity index (χ3v) is 4.12. The molecule has 0 spiro atoms. The zero-order valence-corrected chi connectivity index (χ0v) is 11.5. The average molecular weight is 280 g/mol. The van der Waals surface area contributed by atoms with Crippen LogP contribution in [0, 0.1) is 6.92 Å². The van der Waals surface area contributed by atoms with E-state index in [1.807, 2.05) is 7.05 Å². The lowest BCUT2D eigenvalue weighted by molar-refractivity contribution is 0.655. The lowest BCUT2D eigenvalue weighted by Gasteiger charge is -2.19. The molecule has 86 valence electrons. The van der Waals surface area contributed by atoms with Crippen LogP contribution < -0.4 is 5.32 Å². The smallest absolute Gasteiger partial charge is 0.0534 e. The molecule has 0 radical (unpaired) electrons. The fourth-order valence-electron chi connectivity index (χ4n) is 2.31. The van der Waals surface area contributed by atoms with E-state index in [1.54, 1.807) is 5.57 Å². The van der Waals surface area contributed by atoms with E-state index in [2.05, 4.69) is 52.4 Å². The van der Waals surface area contributed by atoms with Gasteiger partial charge in [-0.1, -0.05) is 39.7 Å². The van der Waals surface area contributed by atoms with Crippen LogP contribution in [0.4, 0.5) is 0 Å². The van der Waals surface area contributed by atoms with Crippen molar-refractivity contribution in [2.24, 2.45) is 0 Å². The van der Waals surface area contributed by atoms with Gasteiger partial charge in [0, 0.05) is 4.47 Å². The van der Waals surface area contributed by atoms with Crippen LogP contribution in [-0.2, 0) is 0 Å². The first-order valence-corrected chi connectivity index (χ1v) is 6.64. The fraction of sp³-hybridized carbons (Fsp3) is 0.429. The summed E-state index contributed by atoms with van der Waals surface area (Å²) >= 11 is 3.60. The molecule has 1 aliphatic carbocycles. The molecule has 1 aromatic carbocycles. The summed E-state index contributed by atoms with van der Waals surface area (Å²) in [6.07, 6.45) is 6.16. The van der Waals surface area contributed by atoms with E-state index >= 15 is 0 Å². The van der Waals surface area contributed by atoms with Gasteiger partial charge in [-0.05, 0) is 50.4 Å². The van der Waals surface area contributed by atoms with Gasteiger partial charge < -0.3 is 5.32 Å². The molecule has 1 N–H and O–H groups in total. The molecule has 0 heterocycles. The Hall–Kier alpha value is -0.600. The van der Waals surface area contributed by atoms with E-state index in [9.17, 15) is 0 Å². The Labute approximate surface area is 106 Å². The van der Waals surface area contributed by atoms with Crippen LogP contribution >= 0.6 is 15.9 Å². The van der Waals surface area contributed by atoms with Gasteiger partial charge in [-0.2, -0.15) is 0 Å². The van der Waals surface area contributed by atoms with Crippen LogP contribution in [0.2, 0.25) is 0 Å². The summed E-state index contributed by atoms with van der Waals surface area (Å²) < 4.78 is 1.20. The summed E-state index contributed by atoms with van der Waals surface area (Å²) in [5.74, 6) is 0. The lowest BCUT2D eigenvalue weighted by Crippen LogP contribution is -2.18. The van der Waals surface area contributed by atoms with E-state index < -0.39 is 0 Å². The van der Waals surface area contributed by atoms with Gasteiger partial charge in [0.2, 0.25) is 0 Å². The molecule has 2 rings (SSSR count). The molecule has 0 saturated carbocycles. The Balaban J connectivity index is 2.29. The van der Waals surface area contributed by atoms with Crippen molar-refractivity contribution in [2.45, 2.75) is 32.2 Å². The molecule has 0 saturated heterocycles. The van der Waals surface area contributed by atoms with Crippen LogP contribution in [-0.4, -0.2) is 7.05 Å². The van der Waals surface area contributed by atoms with Crippen molar-refractivity contribution in [3.05, 3.63) is 45.4 Å². The molecule has 1 aromatic rings. The monoisotopic (exact) mass is 279 g/mol. The first kappa shape index (κ1) is 11.9. The first-order valence-electron chi connectivity index (χ1n) is 5.84. The predicted molar refractivity (Wildman–Crippen MR) is 72.6 cm³/mol. The maximum Gasteiger partial charge on any atom is 0.0534 e. The second-order valence-corrected chi connectivity index (χ2v) is 5.26. The van der Waals surface area contributed by atoms with Crippen LogP contribution in [0.25, 0.3) is 0 Å². The van der Waals surface area contributed by atoms with Crippen molar-refractivity contribution in [1.82, 2.24) is 5.32 Å². The molecule has 1 unspecified atom stereocenters. The highest BCUT2D eigenvalue weighted by Gasteiger charge is 2.17. The van der Waals surface area contributed by atoms with E-state index in [-0.39, 0.29) is 0 Å². The third kappa shape index (κ3) is 2.38. The standard InChI is InChI=1S/C14H18BrN/c1-10-7-8-12(9-13(10)15)14(16-2)11-5-3-4-6-11/h5,7-9,14,16H,3-4,6H2,1-2H3. The van der Waals surface area contributed by atoms with Crippen LogP contribution in [0.15, 0.2) is 34.3 Å². The Morgan fingerprint density at radius 2 is 2.19 bits per heavy atom. The van der Waals surface area contributed by atoms with E-state index in [4.69, 9.17) is 0 Å². The minimum Gasteiger partial charge on any atom is -0.310 e.